The fourth-order valence-corrected chi connectivity index (χ4v) is 2.41. The molecule has 0 saturated heterocycles. The lowest BCUT2D eigenvalue weighted by Crippen LogP contribution is -2.12. The van der Waals surface area contributed by atoms with Crippen LogP contribution in [0.15, 0.2) is 60.8 Å². The van der Waals surface area contributed by atoms with Crippen LogP contribution in [-0.2, 0) is 13.1 Å². The average molecular weight is 262 g/mol. The van der Waals surface area contributed by atoms with Crippen LogP contribution >= 0.6 is 0 Å². The standard InChI is InChI=1S/C18H18N2/c1-14-4-2-5-15(10-14)12-19-13-16-7-8-18-17(11-16)6-3-9-20-18/h2-11,19H,12-13H2,1H3. The number of hydrogen-bond donors (Lipinski definition) is 1. The molecule has 0 aliphatic heterocycles. The van der Waals surface area contributed by atoms with Crippen molar-refractivity contribution in [3.05, 3.63) is 77.5 Å². The summed E-state index contributed by atoms with van der Waals surface area (Å²) in [6.07, 6.45) is 1.83. The number of nitrogens with zero attached hydrogens (tertiary/aromatic N) is 1. The highest BCUT2D eigenvalue weighted by Gasteiger charge is 1.98. The van der Waals surface area contributed by atoms with E-state index in [1.54, 1.807) is 0 Å². The molecule has 3 aromatic rings. The zero-order valence-corrected chi connectivity index (χ0v) is 11.6. The van der Waals surface area contributed by atoms with Crippen molar-refractivity contribution in [2.45, 2.75) is 20.0 Å². The number of hydrogen-bond acceptors (Lipinski definition) is 2. The Morgan fingerprint density at radius 2 is 1.75 bits per heavy atom. The lowest BCUT2D eigenvalue weighted by molar-refractivity contribution is 0.693. The fourth-order valence-electron chi connectivity index (χ4n) is 2.41. The number of pyridine rings is 1. The Balaban J connectivity index is 1.65. The molecule has 0 saturated carbocycles. The first-order valence-corrected chi connectivity index (χ1v) is 6.91. The van der Waals surface area contributed by atoms with Gasteiger partial charge in [-0.25, -0.2) is 0 Å². The third-order valence-corrected chi connectivity index (χ3v) is 3.41. The molecule has 2 heteroatoms. The van der Waals surface area contributed by atoms with Gasteiger partial charge < -0.3 is 5.32 Å². The van der Waals surface area contributed by atoms with Gasteiger partial charge in [-0.3, -0.25) is 4.98 Å². The molecule has 0 fully saturated rings. The van der Waals surface area contributed by atoms with Gasteiger partial charge in [0.05, 0.1) is 5.52 Å². The summed E-state index contributed by atoms with van der Waals surface area (Å²) in [6.45, 7) is 3.89. The van der Waals surface area contributed by atoms with Crippen molar-refractivity contribution in [2.24, 2.45) is 0 Å². The second-order valence-corrected chi connectivity index (χ2v) is 5.12. The third kappa shape index (κ3) is 3.03. The lowest BCUT2D eigenvalue weighted by atomic mass is 10.1. The third-order valence-electron chi connectivity index (χ3n) is 3.41. The van der Waals surface area contributed by atoms with Crippen LogP contribution in [0, 0.1) is 6.92 Å². The Bertz CT molecular complexity index is 719. The number of fused-ring (bicyclic) bond motifs is 1. The SMILES string of the molecule is Cc1cccc(CNCc2ccc3ncccc3c2)c1. The van der Waals surface area contributed by atoms with E-state index in [-0.39, 0.29) is 0 Å². The summed E-state index contributed by atoms with van der Waals surface area (Å²) in [5.41, 5.74) is 4.97. The Morgan fingerprint density at radius 3 is 2.60 bits per heavy atom. The first-order chi connectivity index (χ1) is 9.81. The van der Waals surface area contributed by atoms with Crippen LogP contribution in [0.25, 0.3) is 10.9 Å². The molecule has 1 heterocycles. The highest BCUT2D eigenvalue weighted by Crippen LogP contribution is 2.13. The Kier molecular flexibility index (Phi) is 3.75. The summed E-state index contributed by atoms with van der Waals surface area (Å²) in [7, 11) is 0. The van der Waals surface area contributed by atoms with Gasteiger partial charge in [0.25, 0.3) is 0 Å². The van der Waals surface area contributed by atoms with E-state index in [2.05, 4.69) is 65.8 Å². The maximum atomic E-state index is 4.34. The zero-order chi connectivity index (χ0) is 13.8. The van der Waals surface area contributed by atoms with Crippen LogP contribution in [0.1, 0.15) is 16.7 Å². The maximum Gasteiger partial charge on any atom is 0.0702 e. The zero-order valence-electron chi connectivity index (χ0n) is 11.6. The predicted octanol–water partition coefficient (Wildman–Crippen LogP) is 3.83. The molecule has 3 rings (SSSR count). The molecule has 0 aliphatic carbocycles. The Labute approximate surface area is 119 Å². The van der Waals surface area contributed by atoms with Gasteiger partial charge in [0.1, 0.15) is 0 Å². The topological polar surface area (TPSA) is 24.9 Å². The van der Waals surface area contributed by atoms with E-state index in [1.165, 1.54) is 22.1 Å². The van der Waals surface area contributed by atoms with Crippen molar-refractivity contribution < 1.29 is 0 Å². The van der Waals surface area contributed by atoms with E-state index in [0.29, 0.717) is 0 Å². The fraction of sp³-hybridized carbons (Fsp3) is 0.167. The normalized spacial score (nSPS) is 10.8. The molecule has 0 amide bonds. The largest absolute Gasteiger partial charge is 0.309 e. The van der Waals surface area contributed by atoms with Crippen LogP contribution in [0.4, 0.5) is 0 Å². The molecule has 1 aromatic heterocycles. The molecule has 0 unspecified atom stereocenters. The van der Waals surface area contributed by atoms with E-state index in [1.807, 2.05) is 12.3 Å². The minimum atomic E-state index is 0.874. The number of rotatable bonds is 4. The molecule has 2 nitrogen and oxygen atoms in total. The van der Waals surface area contributed by atoms with E-state index >= 15 is 0 Å². The van der Waals surface area contributed by atoms with Crippen LogP contribution in [0.2, 0.25) is 0 Å². The molecule has 100 valence electrons. The van der Waals surface area contributed by atoms with Gasteiger partial charge in [-0.15, -0.1) is 0 Å². The Hall–Kier alpha value is -2.19. The summed E-state index contributed by atoms with van der Waals surface area (Å²) in [4.78, 5) is 4.34. The average Bonchev–Trinajstić information content (AvgIpc) is 2.47. The minimum Gasteiger partial charge on any atom is -0.309 e. The van der Waals surface area contributed by atoms with Crippen LogP contribution in [-0.4, -0.2) is 4.98 Å². The van der Waals surface area contributed by atoms with Gasteiger partial charge in [-0.1, -0.05) is 42.0 Å². The van der Waals surface area contributed by atoms with E-state index in [4.69, 9.17) is 0 Å². The second-order valence-electron chi connectivity index (χ2n) is 5.12. The first-order valence-electron chi connectivity index (χ1n) is 6.91. The molecule has 0 radical (unpaired) electrons. The Morgan fingerprint density at radius 1 is 0.900 bits per heavy atom. The summed E-state index contributed by atoms with van der Waals surface area (Å²) in [6, 6.07) is 19.1. The molecule has 2 aromatic carbocycles. The van der Waals surface area contributed by atoms with Gasteiger partial charge in [-0.05, 0) is 36.2 Å². The summed E-state index contributed by atoms with van der Waals surface area (Å²) >= 11 is 0. The van der Waals surface area contributed by atoms with Crippen LogP contribution in [0.3, 0.4) is 0 Å². The molecular formula is C18H18N2. The molecule has 0 spiro atoms. The van der Waals surface area contributed by atoms with Crippen molar-refractivity contribution in [1.29, 1.82) is 0 Å². The van der Waals surface area contributed by atoms with E-state index in [9.17, 15) is 0 Å². The molecule has 20 heavy (non-hydrogen) atoms. The quantitative estimate of drug-likeness (QED) is 0.773. The monoisotopic (exact) mass is 262 g/mol. The number of benzene rings is 2. The first kappa shape index (κ1) is 12.8. The predicted molar refractivity (Wildman–Crippen MR) is 83.5 cm³/mol. The van der Waals surface area contributed by atoms with E-state index < -0.39 is 0 Å². The number of nitrogens with one attached hydrogen (secondary N) is 1. The molecule has 0 bridgehead atoms. The van der Waals surface area contributed by atoms with Crippen molar-refractivity contribution in [2.75, 3.05) is 0 Å². The lowest BCUT2D eigenvalue weighted by Gasteiger charge is -2.07. The van der Waals surface area contributed by atoms with Crippen LogP contribution in [0.5, 0.6) is 0 Å². The van der Waals surface area contributed by atoms with Gasteiger partial charge in [-0.2, -0.15) is 0 Å². The van der Waals surface area contributed by atoms with E-state index in [0.717, 1.165) is 18.6 Å². The van der Waals surface area contributed by atoms with Crippen molar-refractivity contribution in [1.82, 2.24) is 10.3 Å². The van der Waals surface area contributed by atoms with Crippen molar-refractivity contribution in [3.8, 4) is 0 Å². The smallest absolute Gasteiger partial charge is 0.0702 e. The summed E-state index contributed by atoms with van der Waals surface area (Å²) in [5, 5.41) is 4.69. The highest BCUT2D eigenvalue weighted by molar-refractivity contribution is 5.78. The van der Waals surface area contributed by atoms with Gasteiger partial charge in [0.15, 0.2) is 0 Å². The summed E-state index contributed by atoms with van der Waals surface area (Å²) < 4.78 is 0. The van der Waals surface area contributed by atoms with Gasteiger partial charge >= 0.3 is 0 Å². The van der Waals surface area contributed by atoms with Crippen molar-refractivity contribution in [3.63, 3.8) is 0 Å². The highest BCUT2D eigenvalue weighted by atomic mass is 14.8. The number of aryl methyl sites for hydroxylation is 1. The maximum absolute atomic E-state index is 4.34. The van der Waals surface area contributed by atoms with Gasteiger partial charge in [0.2, 0.25) is 0 Å². The summed E-state index contributed by atoms with van der Waals surface area (Å²) in [5.74, 6) is 0. The second kappa shape index (κ2) is 5.85. The van der Waals surface area contributed by atoms with Crippen molar-refractivity contribution >= 4 is 10.9 Å². The number of aromatic nitrogens is 1. The van der Waals surface area contributed by atoms with Crippen LogP contribution < -0.4 is 5.32 Å². The molecule has 1 N–H and O–H groups in total. The molecule has 0 aliphatic rings. The molecular weight excluding hydrogens is 244 g/mol. The minimum absolute atomic E-state index is 0.874. The molecule has 0 atom stereocenters. The van der Waals surface area contributed by atoms with Gasteiger partial charge in [0, 0.05) is 24.7 Å².